The Morgan fingerprint density at radius 2 is 1.91 bits per heavy atom. The van der Waals surface area contributed by atoms with Gasteiger partial charge in [0.1, 0.15) is 18.2 Å². The highest BCUT2D eigenvalue weighted by atomic mass is 19.1. The van der Waals surface area contributed by atoms with Gasteiger partial charge in [0.05, 0.1) is 16.9 Å². The maximum atomic E-state index is 13.2. The van der Waals surface area contributed by atoms with Crippen LogP contribution in [-0.2, 0) is 21.7 Å². The fourth-order valence-electron chi connectivity index (χ4n) is 3.38. The van der Waals surface area contributed by atoms with Gasteiger partial charge in [0.25, 0.3) is 0 Å². The molecule has 164 valence electrons. The number of nitrogens with zero attached hydrogens (tertiary/aromatic N) is 3. The summed E-state index contributed by atoms with van der Waals surface area (Å²) in [6, 6.07) is 16.1. The zero-order chi connectivity index (χ0) is 22.6. The summed E-state index contributed by atoms with van der Waals surface area (Å²) in [6.45, 7) is 4.95. The largest absolute Gasteiger partial charge is 0.368 e. The number of hydrogen-bond donors (Lipinski definition) is 3. The summed E-state index contributed by atoms with van der Waals surface area (Å²) in [4.78, 5) is 15.4. The maximum absolute atomic E-state index is 13.2. The quantitative estimate of drug-likeness (QED) is 0.211. The predicted molar refractivity (Wildman–Crippen MR) is 119 cm³/mol. The van der Waals surface area contributed by atoms with E-state index in [9.17, 15) is 9.18 Å². The summed E-state index contributed by atoms with van der Waals surface area (Å²) in [7, 11) is 0. The predicted octanol–water partition coefficient (Wildman–Crippen LogP) is 3.73. The van der Waals surface area contributed by atoms with Crippen LogP contribution >= 0.6 is 0 Å². The van der Waals surface area contributed by atoms with Crippen molar-refractivity contribution < 1.29 is 14.0 Å². The van der Waals surface area contributed by atoms with E-state index in [1.54, 1.807) is 12.1 Å². The van der Waals surface area contributed by atoms with E-state index < -0.39 is 0 Å². The molecule has 0 aliphatic heterocycles. The number of fused-ring (bicyclic) bond motifs is 1. The molecule has 0 fully saturated rings. The van der Waals surface area contributed by atoms with Gasteiger partial charge in [-0.2, -0.15) is 5.10 Å². The van der Waals surface area contributed by atoms with E-state index >= 15 is 0 Å². The summed E-state index contributed by atoms with van der Waals surface area (Å²) < 4.78 is 13.2. The first kappa shape index (κ1) is 21.4. The van der Waals surface area contributed by atoms with Crippen molar-refractivity contribution in [3.05, 3.63) is 71.7 Å². The Kier molecular flexibility index (Phi) is 6.09. The Labute approximate surface area is 184 Å². The first-order valence-electron chi connectivity index (χ1n) is 10.1. The van der Waals surface area contributed by atoms with Crippen LogP contribution in [0.25, 0.3) is 22.2 Å². The molecule has 0 atom stereocenters. The second-order valence-corrected chi connectivity index (χ2v) is 8.01. The van der Waals surface area contributed by atoms with Gasteiger partial charge in [-0.1, -0.05) is 32.0 Å². The number of aromatic amines is 1. The number of nitrogens with one attached hydrogen (secondary N) is 3. The molecule has 0 radical (unpaired) electrons. The van der Waals surface area contributed by atoms with E-state index in [2.05, 4.69) is 45.0 Å². The molecule has 0 saturated heterocycles. The van der Waals surface area contributed by atoms with Gasteiger partial charge in [-0.15, -0.1) is 10.2 Å². The van der Waals surface area contributed by atoms with Gasteiger partial charge in [-0.05, 0) is 42.0 Å². The SMILES string of the molecule is CC(C)(CNc1ccc(-c2ccc3n[nH]c(CONC=O)c3c2)nn1)c1ccc(F)cc1. The van der Waals surface area contributed by atoms with Gasteiger partial charge in [0.15, 0.2) is 0 Å². The average molecular weight is 434 g/mol. The van der Waals surface area contributed by atoms with Crippen molar-refractivity contribution in [2.45, 2.75) is 25.9 Å². The number of benzene rings is 2. The van der Waals surface area contributed by atoms with Crippen molar-refractivity contribution in [1.29, 1.82) is 0 Å². The molecule has 2 aromatic heterocycles. The average Bonchev–Trinajstić information content (AvgIpc) is 3.21. The van der Waals surface area contributed by atoms with Crippen molar-refractivity contribution in [3.63, 3.8) is 0 Å². The van der Waals surface area contributed by atoms with Crippen LogP contribution in [0.15, 0.2) is 54.6 Å². The number of halogens is 1. The second-order valence-electron chi connectivity index (χ2n) is 8.01. The number of aromatic nitrogens is 4. The Balaban J connectivity index is 1.46. The highest BCUT2D eigenvalue weighted by Gasteiger charge is 2.20. The lowest BCUT2D eigenvalue weighted by Crippen LogP contribution is -2.28. The highest BCUT2D eigenvalue weighted by Crippen LogP contribution is 2.26. The van der Waals surface area contributed by atoms with Gasteiger partial charge in [-0.3, -0.25) is 14.7 Å². The Morgan fingerprint density at radius 3 is 2.62 bits per heavy atom. The van der Waals surface area contributed by atoms with E-state index in [4.69, 9.17) is 4.84 Å². The number of anilines is 1. The fraction of sp³-hybridized carbons (Fsp3) is 0.217. The van der Waals surface area contributed by atoms with Crippen LogP contribution in [-0.4, -0.2) is 33.3 Å². The van der Waals surface area contributed by atoms with E-state index in [0.29, 0.717) is 24.5 Å². The molecular weight excluding hydrogens is 411 g/mol. The van der Waals surface area contributed by atoms with Crippen molar-refractivity contribution >= 4 is 23.1 Å². The first-order chi connectivity index (χ1) is 15.5. The van der Waals surface area contributed by atoms with Crippen molar-refractivity contribution in [1.82, 2.24) is 25.9 Å². The molecule has 0 aliphatic rings. The van der Waals surface area contributed by atoms with E-state index in [0.717, 1.165) is 27.7 Å². The molecule has 0 spiro atoms. The molecule has 0 bridgehead atoms. The molecule has 2 aromatic carbocycles. The molecule has 4 rings (SSSR count). The summed E-state index contributed by atoms with van der Waals surface area (Å²) >= 11 is 0. The summed E-state index contributed by atoms with van der Waals surface area (Å²) in [5.74, 6) is 0.409. The normalized spacial score (nSPS) is 11.5. The first-order valence-corrected chi connectivity index (χ1v) is 10.1. The van der Waals surface area contributed by atoms with Gasteiger partial charge in [0, 0.05) is 22.9 Å². The molecule has 32 heavy (non-hydrogen) atoms. The highest BCUT2D eigenvalue weighted by molar-refractivity contribution is 5.86. The minimum absolute atomic E-state index is 0.164. The molecule has 0 saturated carbocycles. The monoisotopic (exact) mass is 434 g/mol. The van der Waals surface area contributed by atoms with Crippen molar-refractivity contribution in [2.75, 3.05) is 11.9 Å². The van der Waals surface area contributed by atoms with E-state index in [1.165, 1.54) is 12.1 Å². The molecule has 8 nitrogen and oxygen atoms in total. The lowest BCUT2D eigenvalue weighted by molar-refractivity contribution is -0.121. The summed E-state index contributed by atoms with van der Waals surface area (Å²) in [5.41, 5.74) is 6.12. The third-order valence-electron chi connectivity index (χ3n) is 5.28. The van der Waals surface area contributed by atoms with Crippen LogP contribution in [0, 0.1) is 5.82 Å². The lowest BCUT2D eigenvalue weighted by atomic mass is 9.84. The lowest BCUT2D eigenvalue weighted by Gasteiger charge is -2.25. The van der Waals surface area contributed by atoms with Gasteiger partial charge in [0.2, 0.25) is 6.41 Å². The van der Waals surface area contributed by atoms with Crippen LogP contribution in [0.2, 0.25) is 0 Å². The number of carbonyl (C=O) groups excluding carboxylic acids is 1. The van der Waals surface area contributed by atoms with Crippen LogP contribution in [0.1, 0.15) is 25.1 Å². The van der Waals surface area contributed by atoms with E-state index in [1.807, 2.05) is 30.3 Å². The Morgan fingerprint density at radius 1 is 1.09 bits per heavy atom. The zero-order valence-corrected chi connectivity index (χ0v) is 17.7. The minimum Gasteiger partial charge on any atom is -0.368 e. The minimum atomic E-state index is -0.246. The Bertz CT molecular complexity index is 1210. The molecule has 1 amide bonds. The topological polar surface area (TPSA) is 105 Å². The summed E-state index contributed by atoms with van der Waals surface area (Å²) in [6.07, 6.45) is 0.468. The Hall–Kier alpha value is -3.85. The maximum Gasteiger partial charge on any atom is 0.230 e. The molecule has 4 aromatic rings. The standard InChI is InChI=1S/C23H23FN6O2/c1-23(2,16-4-6-17(24)7-5-16)13-25-22-10-9-19(27-30-22)15-3-8-20-18(11-15)21(29-28-20)12-32-26-14-31/h3-11,14H,12-13H2,1-2H3,(H,25,30)(H,26,31)(H,28,29). The third kappa shape index (κ3) is 4.73. The van der Waals surface area contributed by atoms with Crippen LogP contribution in [0.5, 0.6) is 0 Å². The number of H-pyrrole nitrogens is 1. The van der Waals surface area contributed by atoms with Crippen LogP contribution in [0.3, 0.4) is 0 Å². The number of amides is 1. The fourth-order valence-corrected chi connectivity index (χ4v) is 3.38. The van der Waals surface area contributed by atoms with Gasteiger partial charge >= 0.3 is 0 Å². The van der Waals surface area contributed by atoms with Crippen LogP contribution < -0.4 is 10.8 Å². The zero-order valence-electron chi connectivity index (χ0n) is 17.7. The smallest absolute Gasteiger partial charge is 0.230 e. The number of hydroxylamine groups is 1. The number of carbonyl (C=O) groups is 1. The molecule has 0 unspecified atom stereocenters. The summed E-state index contributed by atoms with van der Waals surface area (Å²) in [5, 5.41) is 20.0. The van der Waals surface area contributed by atoms with Gasteiger partial charge in [-0.25, -0.2) is 9.87 Å². The van der Waals surface area contributed by atoms with Gasteiger partial charge < -0.3 is 5.32 Å². The molecule has 3 N–H and O–H groups in total. The molecule has 2 heterocycles. The van der Waals surface area contributed by atoms with Crippen molar-refractivity contribution in [2.24, 2.45) is 0 Å². The third-order valence-corrected chi connectivity index (χ3v) is 5.28. The number of rotatable bonds is 9. The van der Waals surface area contributed by atoms with Crippen LogP contribution in [0.4, 0.5) is 10.2 Å². The molecular formula is C23H23FN6O2. The molecule has 0 aliphatic carbocycles. The second kappa shape index (κ2) is 9.11. The van der Waals surface area contributed by atoms with E-state index in [-0.39, 0.29) is 17.8 Å². The number of hydrogen-bond acceptors (Lipinski definition) is 6. The molecule has 9 heteroatoms. The van der Waals surface area contributed by atoms with Crippen molar-refractivity contribution in [3.8, 4) is 11.3 Å².